The van der Waals surface area contributed by atoms with Gasteiger partial charge in [-0.1, -0.05) is 19.4 Å². The number of hydrogen-bond donors (Lipinski definition) is 1. The van der Waals surface area contributed by atoms with Crippen molar-refractivity contribution >= 4 is 16.9 Å². The Balaban J connectivity index is 1.76. The SMILES string of the molecule is CCCC(N)C(=O)OC(C)(CC1CN(C)Cc2c1n(C)c1cnc(C)cc21)c1cccnc1. The van der Waals surface area contributed by atoms with Gasteiger partial charge in [-0.2, -0.15) is 0 Å². The van der Waals surface area contributed by atoms with Gasteiger partial charge in [-0.05, 0) is 45.0 Å². The number of nitrogens with zero attached hydrogens (tertiary/aromatic N) is 4. The molecule has 0 saturated heterocycles. The first kappa shape index (κ1) is 23.4. The van der Waals surface area contributed by atoms with E-state index >= 15 is 0 Å². The van der Waals surface area contributed by atoms with Gasteiger partial charge in [-0.3, -0.25) is 14.8 Å². The zero-order chi connectivity index (χ0) is 23.8. The average Bonchev–Trinajstić information content (AvgIpc) is 3.05. The normalized spacial score (nSPS) is 19.2. The second-order valence-corrected chi connectivity index (χ2v) is 9.65. The van der Waals surface area contributed by atoms with Crippen molar-refractivity contribution in [1.29, 1.82) is 0 Å². The molecule has 0 aromatic carbocycles. The molecule has 2 N–H and O–H groups in total. The molecule has 0 bridgehead atoms. The quantitative estimate of drug-likeness (QED) is 0.553. The van der Waals surface area contributed by atoms with Gasteiger partial charge < -0.3 is 19.9 Å². The van der Waals surface area contributed by atoms with Gasteiger partial charge in [-0.25, -0.2) is 0 Å². The summed E-state index contributed by atoms with van der Waals surface area (Å²) in [5.41, 5.74) is 10.9. The van der Waals surface area contributed by atoms with Gasteiger partial charge in [0.1, 0.15) is 11.6 Å². The third-order valence-corrected chi connectivity index (χ3v) is 6.86. The van der Waals surface area contributed by atoms with Gasteiger partial charge >= 0.3 is 5.97 Å². The van der Waals surface area contributed by atoms with Crippen LogP contribution in [0.2, 0.25) is 0 Å². The Labute approximate surface area is 196 Å². The molecule has 7 heteroatoms. The number of carbonyl (C=O) groups is 1. The molecule has 33 heavy (non-hydrogen) atoms. The van der Waals surface area contributed by atoms with Crippen LogP contribution in [0.5, 0.6) is 0 Å². The van der Waals surface area contributed by atoms with Gasteiger partial charge in [0.05, 0.1) is 11.7 Å². The molecule has 1 aliphatic heterocycles. The smallest absolute Gasteiger partial charge is 0.323 e. The zero-order valence-corrected chi connectivity index (χ0v) is 20.3. The number of nitrogens with two attached hydrogens (primary N) is 1. The first-order valence-electron chi connectivity index (χ1n) is 11.7. The fraction of sp³-hybridized carbons (Fsp3) is 0.500. The van der Waals surface area contributed by atoms with Crippen molar-refractivity contribution < 1.29 is 9.53 Å². The van der Waals surface area contributed by atoms with Crippen molar-refractivity contribution in [2.24, 2.45) is 12.8 Å². The molecule has 7 nitrogen and oxygen atoms in total. The highest BCUT2D eigenvalue weighted by Crippen LogP contribution is 2.42. The van der Waals surface area contributed by atoms with Crippen molar-refractivity contribution in [1.82, 2.24) is 19.4 Å². The summed E-state index contributed by atoms with van der Waals surface area (Å²) in [5, 5.41) is 1.25. The predicted octanol–water partition coefficient (Wildman–Crippen LogP) is 3.78. The minimum Gasteiger partial charge on any atom is -0.453 e. The van der Waals surface area contributed by atoms with Gasteiger partial charge in [0.15, 0.2) is 0 Å². The van der Waals surface area contributed by atoms with Gasteiger partial charge in [0.25, 0.3) is 0 Å². The number of ether oxygens (including phenoxy) is 1. The minimum absolute atomic E-state index is 0.164. The standard InChI is InChI=1S/C26H35N5O2/c1-6-8-22(27)25(32)33-26(3,19-9-7-10-28-13-19)12-18-15-30(4)16-21-20-11-17(2)29-14-23(20)31(5)24(18)21/h7,9-11,13-14,18,22H,6,8,12,15-16,27H2,1-5H3. The summed E-state index contributed by atoms with van der Waals surface area (Å²) >= 11 is 0. The minimum atomic E-state index is -0.846. The lowest BCUT2D eigenvalue weighted by Crippen LogP contribution is -2.41. The molecule has 3 atom stereocenters. The molecule has 3 aromatic rings. The molecule has 3 aromatic heterocycles. The fourth-order valence-corrected chi connectivity index (χ4v) is 5.27. The van der Waals surface area contributed by atoms with E-state index in [2.05, 4.69) is 39.6 Å². The molecule has 0 spiro atoms. The van der Waals surface area contributed by atoms with Crippen molar-refractivity contribution in [3.8, 4) is 0 Å². The Morgan fingerprint density at radius 3 is 2.85 bits per heavy atom. The lowest BCUT2D eigenvalue weighted by molar-refractivity contribution is -0.162. The summed E-state index contributed by atoms with van der Waals surface area (Å²) in [7, 11) is 4.26. The first-order chi connectivity index (χ1) is 15.7. The van der Waals surface area contributed by atoms with Gasteiger partial charge in [0, 0.05) is 67.2 Å². The number of esters is 1. The topological polar surface area (TPSA) is 86.3 Å². The molecule has 3 unspecified atom stereocenters. The number of carbonyl (C=O) groups excluding carboxylic acids is 1. The van der Waals surface area contributed by atoms with Crippen LogP contribution in [-0.2, 0) is 28.7 Å². The van der Waals surface area contributed by atoms with Crippen LogP contribution in [0, 0.1) is 6.92 Å². The Kier molecular flexibility index (Phi) is 6.54. The van der Waals surface area contributed by atoms with Crippen LogP contribution >= 0.6 is 0 Å². The van der Waals surface area contributed by atoms with E-state index in [1.54, 1.807) is 12.4 Å². The second kappa shape index (κ2) is 9.23. The molecule has 1 aliphatic rings. The van der Waals surface area contributed by atoms with Gasteiger partial charge in [-0.15, -0.1) is 0 Å². The third-order valence-electron chi connectivity index (χ3n) is 6.86. The number of aromatic nitrogens is 3. The monoisotopic (exact) mass is 449 g/mol. The van der Waals surface area contributed by atoms with Crippen LogP contribution in [0.15, 0.2) is 36.8 Å². The summed E-state index contributed by atoms with van der Waals surface area (Å²) in [5.74, 6) is -0.193. The van der Waals surface area contributed by atoms with E-state index in [0.717, 1.165) is 36.3 Å². The molecule has 4 heterocycles. The maximum atomic E-state index is 12.9. The van der Waals surface area contributed by atoms with Crippen LogP contribution in [-0.4, -0.2) is 45.0 Å². The predicted molar refractivity (Wildman–Crippen MR) is 130 cm³/mol. The highest BCUT2D eigenvalue weighted by atomic mass is 16.6. The number of aryl methyl sites for hydroxylation is 2. The van der Waals surface area contributed by atoms with E-state index < -0.39 is 11.6 Å². The van der Waals surface area contributed by atoms with Crippen LogP contribution in [0.25, 0.3) is 10.9 Å². The summed E-state index contributed by atoms with van der Waals surface area (Å²) in [6, 6.07) is 5.42. The number of likely N-dealkylation sites (N-methyl/N-ethyl adjacent to an activating group) is 1. The molecule has 0 aliphatic carbocycles. The van der Waals surface area contributed by atoms with Crippen LogP contribution in [0.4, 0.5) is 0 Å². The Hall–Kier alpha value is -2.77. The maximum Gasteiger partial charge on any atom is 0.323 e. The summed E-state index contributed by atoms with van der Waals surface area (Å²) in [6.45, 7) is 7.80. The summed E-state index contributed by atoms with van der Waals surface area (Å²) in [4.78, 5) is 24.1. The van der Waals surface area contributed by atoms with E-state index in [4.69, 9.17) is 10.5 Å². The zero-order valence-electron chi connectivity index (χ0n) is 20.3. The van der Waals surface area contributed by atoms with Crippen molar-refractivity contribution in [3.05, 3.63) is 59.3 Å². The average molecular weight is 450 g/mol. The van der Waals surface area contributed by atoms with Gasteiger partial charge in [0.2, 0.25) is 0 Å². The highest BCUT2D eigenvalue weighted by Gasteiger charge is 2.39. The molecule has 0 fully saturated rings. The highest BCUT2D eigenvalue weighted by molar-refractivity contribution is 5.85. The number of fused-ring (bicyclic) bond motifs is 3. The Morgan fingerprint density at radius 2 is 2.15 bits per heavy atom. The van der Waals surface area contributed by atoms with Crippen LogP contribution < -0.4 is 5.73 Å². The number of hydrogen-bond acceptors (Lipinski definition) is 6. The van der Waals surface area contributed by atoms with Crippen molar-refractivity contribution in [2.45, 2.75) is 64.1 Å². The molecular weight excluding hydrogens is 414 g/mol. The van der Waals surface area contributed by atoms with E-state index in [-0.39, 0.29) is 11.9 Å². The molecular formula is C26H35N5O2. The summed E-state index contributed by atoms with van der Waals surface area (Å²) in [6.07, 6.45) is 7.57. The summed E-state index contributed by atoms with van der Waals surface area (Å²) < 4.78 is 8.45. The molecule has 0 amide bonds. The lowest BCUT2D eigenvalue weighted by atomic mass is 9.82. The van der Waals surface area contributed by atoms with Crippen molar-refractivity contribution in [2.75, 3.05) is 13.6 Å². The third kappa shape index (κ3) is 4.52. The Morgan fingerprint density at radius 1 is 1.36 bits per heavy atom. The molecule has 176 valence electrons. The second-order valence-electron chi connectivity index (χ2n) is 9.65. The number of rotatable bonds is 7. The molecule has 0 radical (unpaired) electrons. The largest absolute Gasteiger partial charge is 0.453 e. The number of pyridine rings is 2. The Bertz CT molecular complexity index is 1140. The van der Waals surface area contributed by atoms with Crippen LogP contribution in [0.3, 0.4) is 0 Å². The van der Waals surface area contributed by atoms with E-state index in [1.165, 1.54) is 16.6 Å². The first-order valence-corrected chi connectivity index (χ1v) is 11.7. The fourth-order valence-electron chi connectivity index (χ4n) is 5.27. The maximum absolute atomic E-state index is 12.9. The van der Waals surface area contributed by atoms with Crippen molar-refractivity contribution in [3.63, 3.8) is 0 Å². The lowest BCUT2D eigenvalue weighted by Gasteiger charge is -2.38. The van der Waals surface area contributed by atoms with E-state index in [1.807, 2.05) is 39.1 Å². The molecule has 0 saturated carbocycles. The molecule has 4 rings (SSSR count). The van der Waals surface area contributed by atoms with E-state index in [0.29, 0.717) is 12.8 Å². The van der Waals surface area contributed by atoms with E-state index in [9.17, 15) is 4.79 Å². The van der Waals surface area contributed by atoms with Crippen LogP contribution in [0.1, 0.15) is 61.5 Å².